The molecule has 0 spiro atoms. The number of nitrogen functional groups attached to an aromatic ring is 1. The molecule has 1 heterocycles. The van der Waals surface area contributed by atoms with Crippen LogP contribution in [0.15, 0.2) is 34.9 Å². The SMILES string of the molecule is Cc1cc(OCc2ccoc2C(=O)NN)ccc1[N+](=O)[O-]. The van der Waals surface area contributed by atoms with E-state index in [4.69, 9.17) is 15.0 Å². The number of aryl methyl sites for hydroxylation is 1. The Labute approximate surface area is 119 Å². The number of nitro benzene ring substituents is 1. The van der Waals surface area contributed by atoms with E-state index in [-0.39, 0.29) is 18.1 Å². The zero-order chi connectivity index (χ0) is 15.4. The van der Waals surface area contributed by atoms with E-state index < -0.39 is 10.8 Å². The van der Waals surface area contributed by atoms with Gasteiger partial charge in [-0.1, -0.05) is 0 Å². The number of ether oxygens (including phenoxy) is 1. The summed E-state index contributed by atoms with van der Waals surface area (Å²) < 4.78 is 10.5. The molecule has 0 aliphatic heterocycles. The number of hydrogen-bond acceptors (Lipinski definition) is 6. The lowest BCUT2D eigenvalue weighted by atomic mass is 10.2. The number of furan rings is 1. The van der Waals surface area contributed by atoms with Gasteiger partial charge < -0.3 is 9.15 Å². The van der Waals surface area contributed by atoms with Crippen LogP contribution in [0.4, 0.5) is 5.69 Å². The van der Waals surface area contributed by atoms with E-state index in [9.17, 15) is 14.9 Å². The second-order valence-corrected chi connectivity index (χ2v) is 4.24. The van der Waals surface area contributed by atoms with Gasteiger partial charge in [0.25, 0.3) is 5.69 Å². The van der Waals surface area contributed by atoms with Crippen molar-refractivity contribution in [3.63, 3.8) is 0 Å². The van der Waals surface area contributed by atoms with Crippen LogP contribution in [0.3, 0.4) is 0 Å². The minimum atomic E-state index is -0.557. The summed E-state index contributed by atoms with van der Waals surface area (Å²) in [6.45, 7) is 1.70. The highest BCUT2D eigenvalue weighted by Gasteiger charge is 2.15. The third-order valence-corrected chi connectivity index (χ3v) is 2.84. The summed E-state index contributed by atoms with van der Waals surface area (Å²) in [5, 5.41) is 10.7. The number of rotatable bonds is 5. The molecule has 0 atom stereocenters. The number of nitro groups is 1. The molecule has 3 N–H and O–H groups in total. The Bertz CT molecular complexity index is 680. The third kappa shape index (κ3) is 3.18. The summed E-state index contributed by atoms with van der Waals surface area (Å²) in [5.41, 5.74) is 3.01. The molecule has 110 valence electrons. The zero-order valence-corrected chi connectivity index (χ0v) is 11.2. The molecule has 1 aromatic heterocycles. The summed E-state index contributed by atoms with van der Waals surface area (Å²) >= 11 is 0. The maximum absolute atomic E-state index is 11.4. The topological polar surface area (TPSA) is 121 Å². The maximum atomic E-state index is 11.4. The molecule has 0 aliphatic rings. The molecule has 2 aromatic rings. The molecular weight excluding hydrogens is 278 g/mol. The van der Waals surface area contributed by atoms with Crippen LogP contribution < -0.4 is 16.0 Å². The molecule has 1 amide bonds. The van der Waals surface area contributed by atoms with Crippen molar-refractivity contribution in [3.8, 4) is 5.75 Å². The van der Waals surface area contributed by atoms with Gasteiger partial charge in [0.1, 0.15) is 12.4 Å². The van der Waals surface area contributed by atoms with Gasteiger partial charge in [0.2, 0.25) is 0 Å². The molecule has 0 unspecified atom stereocenters. The van der Waals surface area contributed by atoms with Crippen molar-refractivity contribution in [2.75, 3.05) is 0 Å². The van der Waals surface area contributed by atoms with Gasteiger partial charge in [0.15, 0.2) is 5.76 Å². The van der Waals surface area contributed by atoms with Gasteiger partial charge in [-0.15, -0.1) is 0 Å². The average molecular weight is 291 g/mol. The van der Waals surface area contributed by atoms with Crippen LogP contribution in [0.25, 0.3) is 0 Å². The van der Waals surface area contributed by atoms with Crippen molar-refractivity contribution in [1.29, 1.82) is 0 Å². The molecule has 2 rings (SSSR count). The summed E-state index contributed by atoms with van der Waals surface area (Å²) in [7, 11) is 0. The molecule has 8 heteroatoms. The second kappa shape index (κ2) is 6.06. The van der Waals surface area contributed by atoms with Crippen molar-refractivity contribution in [2.45, 2.75) is 13.5 Å². The highest BCUT2D eigenvalue weighted by atomic mass is 16.6. The first kappa shape index (κ1) is 14.5. The predicted molar refractivity (Wildman–Crippen MR) is 72.5 cm³/mol. The first-order chi connectivity index (χ1) is 10.0. The molecule has 8 nitrogen and oxygen atoms in total. The number of hydrogen-bond donors (Lipinski definition) is 2. The van der Waals surface area contributed by atoms with E-state index in [0.717, 1.165) is 0 Å². The molecule has 0 bridgehead atoms. The molecule has 0 saturated carbocycles. The predicted octanol–water partition coefficient (Wildman–Crippen LogP) is 1.68. The summed E-state index contributed by atoms with van der Waals surface area (Å²) in [6.07, 6.45) is 1.35. The Balaban J connectivity index is 2.10. The van der Waals surface area contributed by atoms with Gasteiger partial charge in [0, 0.05) is 17.2 Å². The van der Waals surface area contributed by atoms with Crippen molar-refractivity contribution >= 4 is 11.6 Å². The fourth-order valence-electron chi connectivity index (χ4n) is 1.80. The lowest BCUT2D eigenvalue weighted by Crippen LogP contribution is -2.30. The van der Waals surface area contributed by atoms with Crippen LogP contribution in [0, 0.1) is 17.0 Å². The second-order valence-electron chi connectivity index (χ2n) is 4.24. The first-order valence-corrected chi connectivity index (χ1v) is 5.98. The van der Waals surface area contributed by atoms with Crippen LogP contribution >= 0.6 is 0 Å². The quantitative estimate of drug-likeness (QED) is 0.374. The normalized spacial score (nSPS) is 10.2. The Morgan fingerprint density at radius 2 is 2.24 bits per heavy atom. The number of carbonyl (C=O) groups excluding carboxylic acids is 1. The van der Waals surface area contributed by atoms with E-state index in [0.29, 0.717) is 16.9 Å². The maximum Gasteiger partial charge on any atom is 0.301 e. The zero-order valence-electron chi connectivity index (χ0n) is 11.2. The number of carbonyl (C=O) groups is 1. The van der Waals surface area contributed by atoms with Crippen LogP contribution in [0.1, 0.15) is 21.7 Å². The van der Waals surface area contributed by atoms with E-state index in [1.165, 1.54) is 18.4 Å². The van der Waals surface area contributed by atoms with E-state index in [1.54, 1.807) is 19.1 Å². The van der Waals surface area contributed by atoms with Crippen LogP contribution in [0.2, 0.25) is 0 Å². The Kier molecular flexibility index (Phi) is 4.19. The highest BCUT2D eigenvalue weighted by molar-refractivity contribution is 5.92. The molecule has 0 aliphatic carbocycles. The largest absolute Gasteiger partial charge is 0.489 e. The standard InChI is InChI=1S/C13H13N3O5/c1-8-6-10(2-3-11(8)16(18)19)21-7-9-4-5-20-12(9)13(17)15-14/h2-6H,7,14H2,1H3,(H,15,17). The fourth-order valence-corrected chi connectivity index (χ4v) is 1.80. The molecule has 21 heavy (non-hydrogen) atoms. The number of benzene rings is 1. The van der Waals surface area contributed by atoms with Crippen molar-refractivity contribution in [2.24, 2.45) is 5.84 Å². The summed E-state index contributed by atoms with van der Waals surface area (Å²) in [4.78, 5) is 21.7. The Morgan fingerprint density at radius 1 is 1.48 bits per heavy atom. The number of amides is 1. The Morgan fingerprint density at radius 3 is 2.86 bits per heavy atom. The third-order valence-electron chi connectivity index (χ3n) is 2.84. The molecular formula is C13H13N3O5. The molecule has 0 radical (unpaired) electrons. The van der Waals surface area contributed by atoms with Gasteiger partial charge in [-0.3, -0.25) is 20.3 Å². The van der Waals surface area contributed by atoms with Crippen molar-refractivity contribution < 1.29 is 18.9 Å². The molecule has 0 fully saturated rings. The van der Waals surface area contributed by atoms with E-state index >= 15 is 0 Å². The molecule has 1 aromatic carbocycles. The minimum absolute atomic E-state index is 0.0221. The highest BCUT2D eigenvalue weighted by Crippen LogP contribution is 2.24. The smallest absolute Gasteiger partial charge is 0.301 e. The first-order valence-electron chi connectivity index (χ1n) is 5.98. The van der Waals surface area contributed by atoms with Gasteiger partial charge in [-0.2, -0.15) is 0 Å². The van der Waals surface area contributed by atoms with Gasteiger partial charge >= 0.3 is 5.91 Å². The number of hydrazine groups is 1. The van der Waals surface area contributed by atoms with E-state index in [1.807, 2.05) is 5.43 Å². The lowest BCUT2D eigenvalue weighted by molar-refractivity contribution is -0.385. The fraction of sp³-hybridized carbons (Fsp3) is 0.154. The van der Waals surface area contributed by atoms with Gasteiger partial charge in [-0.05, 0) is 25.1 Å². The average Bonchev–Trinajstić information content (AvgIpc) is 2.92. The lowest BCUT2D eigenvalue weighted by Gasteiger charge is -2.07. The summed E-state index contributed by atoms with van der Waals surface area (Å²) in [6, 6.07) is 6.01. The monoisotopic (exact) mass is 291 g/mol. The number of nitrogens with two attached hydrogens (primary N) is 1. The van der Waals surface area contributed by atoms with Crippen LogP contribution in [-0.4, -0.2) is 10.8 Å². The van der Waals surface area contributed by atoms with Gasteiger partial charge in [0.05, 0.1) is 11.2 Å². The van der Waals surface area contributed by atoms with E-state index in [2.05, 4.69) is 0 Å². The number of nitrogens with zero attached hydrogens (tertiary/aromatic N) is 1. The van der Waals surface area contributed by atoms with Crippen molar-refractivity contribution in [1.82, 2.24) is 5.43 Å². The van der Waals surface area contributed by atoms with Gasteiger partial charge in [-0.25, -0.2) is 5.84 Å². The minimum Gasteiger partial charge on any atom is -0.489 e. The van der Waals surface area contributed by atoms with Crippen LogP contribution in [0.5, 0.6) is 5.75 Å². The number of nitrogens with one attached hydrogen (secondary N) is 1. The molecule has 0 saturated heterocycles. The summed E-state index contributed by atoms with van der Waals surface area (Å²) in [5.74, 6) is 5.01. The van der Waals surface area contributed by atoms with Crippen LogP contribution in [-0.2, 0) is 6.61 Å². The Hall–Kier alpha value is -2.87. The van der Waals surface area contributed by atoms with Crippen molar-refractivity contribution in [3.05, 3.63) is 57.5 Å².